The maximum atomic E-state index is 12.8. The predicted molar refractivity (Wildman–Crippen MR) is 154 cm³/mol. The van der Waals surface area contributed by atoms with E-state index in [9.17, 15) is 18.0 Å². The number of carbonyl (C=O) groups is 2. The molecule has 0 spiro atoms. The molecular weight excluding hydrogens is 506 g/mol. The van der Waals surface area contributed by atoms with Gasteiger partial charge in [-0.25, -0.2) is 8.42 Å². The van der Waals surface area contributed by atoms with Crippen LogP contribution >= 0.6 is 0 Å². The Balaban J connectivity index is 4.75. The van der Waals surface area contributed by atoms with Gasteiger partial charge in [0.1, 0.15) is 5.78 Å². The Labute approximate surface area is 232 Å². The summed E-state index contributed by atoms with van der Waals surface area (Å²) in [6, 6.07) is 0. The molecule has 0 unspecified atom stereocenters. The first-order chi connectivity index (χ1) is 16.7. The molecule has 0 saturated carbocycles. The lowest BCUT2D eigenvalue weighted by Gasteiger charge is -2.45. The number of hydrogen-bond donors (Lipinski definition) is 3. The zero-order valence-corrected chi connectivity index (χ0v) is 27.2. The summed E-state index contributed by atoms with van der Waals surface area (Å²) >= 11 is 0. The van der Waals surface area contributed by atoms with Gasteiger partial charge in [-0.3, -0.25) is 15.4 Å². The van der Waals surface area contributed by atoms with Crippen LogP contribution in [0.2, 0.25) is 0 Å². The van der Waals surface area contributed by atoms with Gasteiger partial charge in [-0.2, -0.15) is 4.83 Å². The molecule has 10 heteroatoms. The third kappa shape index (κ3) is 12.4. The van der Waals surface area contributed by atoms with Crippen molar-refractivity contribution in [2.45, 2.75) is 120 Å². The number of ether oxygens (including phenoxy) is 2. The van der Waals surface area contributed by atoms with Crippen LogP contribution in [0, 0.1) is 21.7 Å². The zero-order valence-electron chi connectivity index (χ0n) is 26.4. The van der Waals surface area contributed by atoms with E-state index in [1.165, 1.54) is 0 Å². The molecule has 9 nitrogen and oxygen atoms in total. The fourth-order valence-electron chi connectivity index (χ4n) is 4.88. The molecule has 0 saturated heterocycles. The van der Waals surface area contributed by atoms with Crippen molar-refractivity contribution in [3.05, 3.63) is 0 Å². The summed E-state index contributed by atoms with van der Waals surface area (Å²) in [6.07, 6.45) is 1.75. The standard InChI is InChI=1S/C28H57N3O6S/c1-21(32)24(4,5)19-26(8,9)28(12,13)37-16-14-27(10,11)36-17-15-30-22(33)25(6,7)18-23(2,3)20-38(34,35)31-29/h31H,14-20,29H2,1-13H3,(H,30,33). The number of hydrazine groups is 1. The molecule has 0 atom stereocenters. The summed E-state index contributed by atoms with van der Waals surface area (Å²) < 4.78 is 36.1. The van der Waals surface area contributed by atoms with Gasteiger partial charge in [0.25, 0.3) is 0 Å². The number of amides is 1. The topological polar surface area (TPSA) is 137 Å². The van der Waals surface area contributed by atoms with Crippen LogP contribution in [0.15, 0.2) is 0 Å². The molecule has 0 aliphatic carbocycles. The number of sulfonamides is 1. The van der Waals surface area contributed by atoms with Gasteiger partial charge in [0, 0.05) is 17.4 Å². The minimum absolute atomic E-state index is 0.161. The van der Waals surface area contributed by atoms with E-state index in [0.717, 1.165) is 6.42 Å². The second-order valence-corrected chi connectivity index (χ2v) is 16.3. The smallest absolute Gasteiger partial charge is 0.225 e. The summed E-state index contributed by atoms with van der Waals surface area (Å²) in [5.74, 6) is 4.95. The normalized spacial score (nSPS) is 14.5. The Bertz CT molecular complexity index is 906. The minimum Gasteiger partial charge on any atom is -0.375 e. The Hall–Kier alpha value is -1.07. The fourth-order valence-corrected chi connectivity index (χ4v) is 6.09. The Kier molecular flexibility index (Phi) is 12.7. The second-order valence-electron chi connectivity index (χ2n) is 14.6. The van der Waals surface area contributed by atoms with Crippen LogP contribution in [0.1, 0.15) is 109 Å². The largest absolute Gasteiger partial charge is 0.375 e. The Morgan fingerprint density at radius 1 is 0.789 bits per heavy atom. The predicted octanol–water partition coefficient (Wildman–Crippen LogP) is 4.35. The first kappa shape index (κ1) is 36.9. The van der Waals surface area contributed by atoms with Crippen LogP contribution in [-0.2, 0) is 29.1 Å². The molecule has 0 heterocycles. The highest BCUT2D eigenvalue weighted by atomic mass is 32.2. The molecular formula is C28H57N3O6S. The van der Waals surface area contributed by atoms with Gasteiger partial charge in [-0.1, -0.05) is 55.4 Å². The number of nitrogens with two attached hydrogens (primary N) is 1. The molecule has 38 heavy (non-hydrogen) atoms. The molecule has 0 aliphatic heterocycles. The van der Waals surface area contributed by atoms with Gasteiger partial charge in [0.05, 0.1) is 30.2 Å². The zero-order chi connectivity index (χ0) is 30.4. The highest BCUT2D eigenvalue weighted by Gasteiger charge is 2.43. The number of ketones is 1. The summed E-state index contributed by atoms with van der Waals surface area (Å²) in [7, 11) is -3.60. The van der Waals surface area contributed by atoms with Crippen LogP contribution < -0.4 is 16.0 Å². The van der Waals surface area contributed by atoms with Gasteiger partial charge >= 0.3 is 0 Å². The first-order valence-electron chi connectivity index (χ1n) is 13.5. The molecule has 0 radical (unpaired) electrons. The Morgan fingerprint density at radius 2 is 1.32 bits per heavy atom. The molecule has 0 rings (SSSR count). The average Bonchev–Trinajstić information content (AvgIpc) is 2.68. The lowest BCUT2D eigenvalue weighted by molar-refractivity contribution is -0.140. The van der Waals surface area contributed by atoms with E-state index in [0.29, 0.717) is 32.6 Å². The van der Waals surface area contributed by atoms with Gasteiger partial charge in [0.15, 0.2) is 0 Å². The van der Waals surface area contributed by atoms with E-state index in [2.05, 4.69) is 33.0 Å². The van der Waals surface area contributed by atoms with Gasteiger partial charge in [0.2, 0.25) is 15.9 Å². The molecule has 0 aromatic heterocycles. The number of Topliss-reactive ketones (excluding diaryl/α,β-unsaturated/α-hetero) is 1. The van der Waals surface area contributed by atoms with Crippen molar-refractivity contribution in [3.63, 3.8) is 0 Å². The molecule has 226 valence electrons. The van der Waals surface area contributed by atoms with Crippen molar-refractivity contribution in [3.8, 4) is 0 Å². The average molecular weight is 564 g/mol. The molecule has 4 N–H and O–H groups in total. The number of nitrogens with one attached hydrogen (secondary N) is 2. The van der Waals surface area contributed by atoms with E-state index < -0.39 is 37.5 Å². The summed E-state index contributed by atoms with van der Waals surface area (Å²) in [5, 5.41) is 2.91. The van der Waals surface area contributed by atoms with Gasteiger partial charge in [-0.05, 0) is 64.7 Å². The van der Waals surface area contributed by atoms with Crippen molar-refractivity contribution in [2.75, 3.05) is 25.5 Å². The maximum absolute atomic E-state index is 12.8. The lowest BCUT2D eigenvalue weighted by atomic mass is 9.66. The highest BCUT2D eigenvalue weighted by molar-refractivity contribution is 7.89. The second kappa shape index (κ2) is 13.1. The SMILES string of the molecule is CC(=O)C(C)(C)CC(C)(C)C(C)(C)OCCC(C)(C)OCCNC(=O)C(C)(C)CC(C)(C)CS(=O)(=O)NN. The number of rotatable bonds is 18. The van der Waals surface area contributed by atoms with E-state index in [-0.39, 0.29) is 22.9 Å². The van der Waals surface area contributed by atoms with E-state index >= 15 is 0 Å². The summed E-state index contributed by atoms with van der Waals surface area (Å²) in [5.41, 5.74) is -2.95. The van der Waals surface area contributed by atoms with Crippen molar-refractivity contribution in [1.29, 1.82) is 0 Å². The van der Waals surface area contributed by atoms with Gasteiger partial charge < -0.3 is 14.8 Å². The number of carbonyl (C=O) groups excluding carboxylic acids is 2. The molecule has 0 bridgehead atoms. The van der Waals surface area contributed by atoms with E-state index in [4.69, 9.17) is 15.3 Å². The molecule has 1 amide bonds. The van der Waals surface area contributed by atoms with E-state index in [1.807, 2.05) is 32.5 Å². The fraction of sp³-hybridized carbons (Fsp3) is 0.929. The van der Waals surface area contributed by atoms with E-state index in [1.54, 1.807) is 34.6 Å². The van der Waals surface area contributed by atoms with Crippen LogP contribution in [0.5, 0.6) is 0 Å². The van der Waals surface area contributed by atoms with Crippen molar-refractivity contribution < 1.29 is 27.5 Å². The molecule has 0 aromatic carbocycles. The van der Waals surface area contributed by atoms with Crippen LogP contribution in [0.4, 0.5) is 0 Å². The molecule has 0 aliphatic rings. The van der Waals surface area contributed by atoms with Crippen LogP contribution in [0.25, 0.3) is 0 Å². The molecule has 0 fully saturated rings. The lowest BCUT2D eigenvalue weighted by Crippen LogP contribution is -2.46. The highest BCUT2D eigenvalue weighted by Crippen LogP contribution is 2.44. The third-order valence-corrected chi connectivity index (χ3v) is 9.33. The quantitative estimate of drug-likeness (QED) is 0.128. The summed E-state index contributed by atoms with van der Waals surface area (Å²) in [6.45, 7) is 26.4. The minimum atomic E-state index is -3.60. The number of hydrogen-bond acceptors (Lipinski definition) is 7. The molecule has 0 aromatic rings. The monoisotopic (exact) mass is 563 g/mol. The van der Waals surface area contributed by atoms with Crippen molar-refractivity contribution in [2.24, 2.45) is 27.5 Å². The van der Waals surface area contributed by atoms with Crippen LogP contribution in [0.3, 0.4) is 0 Å². The first-order valence-corrected chi connectivity index (χ1v) is 15.1. The van der Waals surface area contributed by atoms with Crippen LogP contribution in [-0.4, -0.2) is 56.8 Å². The summed E-state index contributed by atoms with van der Waals surface area (Å²) in [4.78, 5) is 26.7. The third-order valence-electron chi connectivity index (χ3n) is 7.81. The van der Waals surface area contributed by atoms with Gasteiger partial charge in [-0.15, -0.1) is 0 Å². The van der Waals surface area contributed by atoms with Crippen molar-refractivity contribution in [1.82, 2.24) is 10.1 Å². The maximum Gasteiger partial charge on any atom is 0.225 e. The van der Waals surface area contributed by atoms with Crippen molar-refractivity contribution >= 4 is 21.7 Å². The Morgan fingerprint density at radius 3 is 1.79 bits per heavy atom.